The molecular formula is C25H23N3O4S2. The predicted molar refractivity (Wildman–Crippen MR) is 135 cm³/mol. The van der Waals surface area contributed by atoms with Crippen molar-refractivity contribution in [2.45, 2.75) is 18.7 Å². The number of nitrogens with one attached hydrogen (secondary N) is 2. The van der Waals surface area contributed by atoms with Crippen LogP contribution >= 0.6 is 11.3 Å². The lowest BCUT2D eigenvalue weighted by atomic mass is 10.0. The number of methoxy groups -OCH3 is 1. The molecule has 0 spiro atoms. The summed E-state index contributed by atoms with van der Waals surface area (Å²) in [5.74, 6) is 0.0808. The molecule has 0 radical (unpaired) electrons. The van der Waals surface area contributed by atoms with Crippen molar-refractivity contribution < 1.29 is 17.9 Å². The highest BCUT2D eigenvalue weighted by atomic mass is 32.2. The number of hydrogen-bond acceptors (Lipinski definition) is 6. The van der Waals surface area contributed by atoms with Crippen molar-refractivity contribution in [3.8, 4) is 17.0 Å². The van der Waals surface area contributed by atoms with Crippen LogP contribution in [0.5, 0.6) is 5.75 Å². The minimum absolute atomic E-state index is 0.0570. The topological polar surface area (TPSA) is 97.4 Å². The van der Waals surface area contributed by atoms with E-state index in [2.05, 4.69) is 21.1 Å². The van der Waals surface area contributed by atoms with Gasteiger partial charge in [-0.1, -0.05) is 29.8 Å². The zero-order valence-electron chi connectivity index (χ0n) is 18.8. The normalized spacial score (nSPS) is 11.1. The first kappa shape index (κ1) is 23.5. The highest BCUT2D eigenvalue weighted by Crippen LogP contribution is 2.29. The van der Waals surface area contributed by atoms with Crippen molar-refractivity contribution in [1.29, 1.82) is 0 Å². The summed E-state index contributed by atoms with van der Waals surface area (Å²) in [4.78, 5) is 17.6. The van der Waals surface area contributed by atoms with Crippen LogP contribution in [0.4, 0.5) is 10.8 Å². The first-order chi connectivity index (χ1) is 16.3. The van der Waals surface area contributed by atoms with E-state index in [0.29, 0.717) is 10.9 Å². The van der Waals surface area contributed by atoms with Crippen molar-refractivity contribution in [3.05, 3.63) is 88.8 Å². The Labute approximate surface area is 202 Å². The number of carbonyl (C=O) groups is 1. The molecule has 0 fully saturated rings. The van der Waals surface area contributed by atoms with Gasteiger partial charge >= 0.3 is 0 Å². The molecule has 34 heavy (non-hydrogen) atoms. The van der Waals surface area contributed by atoms with Gasteiger partial charge < -0.3 is 4.74 Å². The molecule has 7 nitrogen and oxygen atoms in total. The van der Waals surface area contributed by atoms with Gasteiger partial charge in [-0.3, -0.25) is 14.8 Å². The van der Waals surface area contributed by atoms with Gasteiger partial charge in [0.25, 0.3) is 15.9 Å². The van der Waals surface area contributed by atoms with E-state index >= 15 is 0 Å². The molecule has 0 aliphatic carbocycles. The molecule has 174 valence electrons. The Hall–Kier alpha value is -3.69. The average Bonchev–Trinajstić information content (AvgIpc) is 3.29. The van der Waals surface area contributed by atoms with E-state index in [9.17, 15) is 13.2 Å². The van der Waals surface area contributed by atoms with E-state index in [4.69, 9.17) is 4.74 Å². The Bertz CT molecular complexity index is 1450. The lowest BCUT2D eigenvalue weighted by molar-refractivity contribution is 0.102. The second kappa shape index (κ2) is 9.66. The molecule has 0 atom stereocenters. The number of hydrogen-bond donors (Lipinski definition) is 2. The summed E-state index contributed by atoms with van der Waals surface area (Å²) in [6.07, 6.45) is 0. The van der Waals surface area contributed by atoms with Crippen LogP contribution in [0.15, 0.2) is 77.0 Å². The van der Waals surface area contributed by atoms with Crippen LogP contribution in [0, 0.1) is 13.8 Å². The fraction of sp³-hybridized carbons (Fsp3) is 0.120. The molecule has 0 saturated heterocycles. The summed E-state index contributed by atoms with van der Waals surface area (Å²) < 4.78 is 33.3. The smallest absolute Gasteiger partial charge is 0.261 e. The van der Waals surface area contributed by atoms with Gasteiger partial charge in [-0.15, -0.1) is 11.3 Å². The van der Waals surface area contributed by atoms with Crippen LogP contribution in [0.1, 0.15) is 21.5 Å². The lowest BCUT2D eigenvalue weighted by Gasteiger charge is -2.12. The number of rotatable bonds is 7. The van der Waals surface area contributed by atoms with Gasteiger partial charge in [-0.25, -0.2) is 13.4 Å². The van der Waals surface area contributed by atoms with Crippen LogP contribution < -0.4 is 14.8 Å². The monoisotopic (exact) mass is 493 g/mol. The van der Waals surface area contributed by atoms with Crippen LogP contribution in [0.25, 0.3) is 11.3 Å². The highest BCUT2D eigenvalue weighted by Gasteiger charge is 2.20. The third-order valence-corrected chi connectivity index (χ3v) is 7.32. The van der Waals surface area contributed by atoms with E-state index in [-0.39, 0.29) is 16.1 Å². The molecule has 4 aromatic rings. The van der Waals surface area contributed by atoms with Crippen LogP contribution in [-0.2, 0) is 10.0 Å². The number of nitrogens with zero attached hydrogens (tertiary/aromatic N) is 1. The van der Waals surface area contributed by atoms with E-state index in [1.165, 1.54) is 30.6 Å². The molecule has 0 unspecified atom stereocenters. The molecule has 1 amide bonds. The Kier molecular flexibility index (Phi) is 6.67. The molecule has 0 aliphatic rings. The van der Waals surface area contributed by atoms with Gasteiger partial charge in [-0.2, -0.15) is 0 Å². The van der Waals surface area contributed by atoms with Crippen molar-refractivity contribution in [3.63, 3.8) is 0 Å². The van der Waals surface area contributed by atoms with Gasteiger partial charge in [0, 0.05) is 10.9 Å². The molecule has 2 N–H and O–H groups in total. The number of aromatic nitrogens is 1. The van der Waals surface area contributed by atoms with Gasteiger partial charge in [0.05, 0.1) is 29.0 Å². The summed E-state index contributed by atoms with van der Waals surface area (Å²) >= 11 is 1.31. The van der Waals surface area contributed by atoms with Crippen LogP contribution in [0.3, 0.4) is 0 Å². The SMILES string of the molecule is COc1ccc(S(=O)(=O)Nc2ccccc2C(=O)Nc2nc(-c3cc(C)ccc3C)cs2)cc1. The maximum absolute atomic E-state index is 13.0. The number of ether oxygens (including phenoxy) is 1. The zero-order valence-corrected chi connectivity index (χ0v) is 20.5. The second-order valence-electron chi connectivity index (χ2n) is 7.64. The Balaban J connectivity index is 1.55. The fourth-order valence-electron chi connectivity index (χ4n) is 3.36. The molecule has 9 heteroatoms. The number of amides is 1. The Morgan fingerprint density at radius 1 is 1.00 bits per heavy atom. The first-order valence-corrected chi connectivity index (χ1v) is 12.7. The Morgan fingerprint density at radius 2 is 1.74 bits per heavy atom. The molecule has 0 saturated carbocycles. The molecule has 3 aromatic carbocycles. The maximum Gasteiger partial charge on any atom is 0.261 e. The summed E-state index contributed by atoms with van der Waals surface area (Å²) in [6.45, 7) is 4.03. The summed E-state index contributed by atoms with van der Waals surface area (Å²) in [6, 6.07) is 18.5. The van der Waals surface area contributed by atoms with Gasteiger partial charge in [0.15, 0.2) is 5.13 Å². The van der Waals surface area contributed by atoms with Crippen molar-refractivity contribution in [2.75, 3.05) is 17.1 Å². The minimum atomic E-state index is -3.91. The highest BCUT2D eigenvalue weighted by molar-refractivity contribution is 7.92. The maximum atomic E-state index is 13.0. The number of thiazole rings is 1. The number of anilines is 2. The second-order valence-corrected chi connectivity index (χ2v) is 10.2. The Morgan fingerprint density at radius 3 is 2.47 bits per heavy atom. The quantitative estimate of drug-likeness (QED) is 0.355. The number of para-hydroxylation sites is 1. The summed E-state index contributed by atoms with van der Waals surface area (Å²) in [5, 5.41) is 5.09. The van der Waals surface area contributed by atoms with Crippen molar-refractivity contribution in [2.24, 2.45) is 0 Å². The number of sulfonamides is 1. The number of aryl methyl sites for hydroxylation is 2. The summed E-state index contributed by atoms with van der Waals surface area (Å²) in [5.41, 5.74) is 4.34. The van der Waals surface area contributed by atoms with E-state index in [1.54, 1.807) is 36.4 Å². The first-order valence-electron chi connectivity index (χ1n) is 10.4. The standard InChI is InChI=1S/C25H23N3O4S2/c1-16-8-9-17(2)21(14-16)23-15-33-25(26-23)27-24(29)20-6-4-5-7-22(20)28-34(30,31)19-12-10-18(32-3)11-13-19/h4-15,28H,1-3H3,(H,26,27,29). The molecule has 1 aromatic heterocycles. The number of benzene rings is 3. The van der Waals surface area contributed by atoms with Crippen LogP contribution in [-0.4, -0.2) is 26.4 Å². The number of carbonyl (C=O) groups excluding carboxylic acids is 1. The fourth-order valence-corrected chi connectivity index (χ4v) is 5.15. The molecule has 0 bridgehead atoms. The lowest BCUT2D eigenvalue weighted by Crippen LogP contribution is -2.18. The van der Waals surface area contributed by atoms with E-state index < -0.39 is 15.9 Å². The van der Waals surface area contributed by atoms with E-state index in [1.807, 2.05) is 31.4 Å². The predicted octanol–water partition coefficient (Wildman–Crippen LogP) is 5.49. The summed E-state index contributed by atoms with van der Waals surface area (Å²) in [7, 11) is -2.40. The third-order valence-electron chi connectivity index (χ3n) is 5.18. The molecule has 0 aliphatic heterocycles. The molecule has 4 rings (SSSR count). The minimum Gasteiger partial charge on any atom is -0.497 e. The average molecular weight is 494 g/mol. The largest absolute Gasteiger partial charge is 0.497 e. The van der Waals surface area contributed by atoms with Gasteiger partial charge in [0.2, 0.25) is 0 Å². The molecular weight excluding hydrogens is 470 g/mol. The van der Waals surface area contributed by atoms with Crippen molar-refractivity contribution >= 4 is 38.1 Å². The van der Waals surface area contributed by atoms with Crippen molar-refractivity contribution in [1.82, 2.24) is 4.98 Å². The van der Waals surface area contributed by atoms with E-state index in [0.717, 1.165) is 22.4 Å². The zero-order chi connectivity index (χ0) is 24.3. The van der Waals surface area contributed by atoms with Gasteiger partial charge in [0.1, 0.15) is 5.75 Å². The third kappa shape index (κ3) is 5.11. The molecule has 1 heterocycles. The van der Waals surface area contributed by atoms with Gasteiger partial charge in [-0.05, 0) is 61.9 Å². The van der Waals surface area contributed by atoms with Crippen LogP contribution in [0.2, 0.25) is 0 Å².